The quantitative estimate of drug-likeness (QED) is 0.335. The van der Waals surface area contributed by atoms with Gasteiger partial charge in [0.1, 0.15) is 11.9 Å². The number of nitrogens with zero attached hydrogens (tertiary/aromatic N) is 2. The topological polar surface area (TPSA) is 122 Å². The Labute approximate surface area is 251 Å². The SMILES string of the molecule is COc1ccc(NC(=O)Nc2cccc3c2O[C@@H](CN(C)Cc2ccc4c(c2)OCO4)[C@@H](C)CN([C@@H](C)CO)C3=O)cc1. The number of amides is 3. The number of fused-ring (bicyclic) bond motifs is 2. The number of ether oxygens (including phenoxy) is 4. The molecule has 2 aliphatic heterocycles. The van der Waals surface area contributed by atoms with Crippen molar-refractivity contribution in [3.05, 3.63) is 71.8 Å². The van der Waals surface area contributed by atoms with E-state index in [4.69, 9.17) is 18.9 Å². The molecule has 2 aliphatic rings. The minimum Gasteiger partial charge on any atom is -0.497 e. The first-order valence-electron chi connectivity index (χ1n) is 14.3. The van der Waals surface area contributed by atoms with E-state index in [0.29, 0.717) is 48.1 Å². The number of carbonyl (C=O) groups excluding carboxylic acids is 2. The third-order valence-corrected chi connectivity index (χ3v) is 7.67. The Kier molecular flexibility index (Phi) is 9.22. The molecule has 0 saturated carbocycles. The molecule has 3 amide bonds. The minimum absolute atomic E-state index is 0.0912. The summed E-state index contributed by atoms with van der Waals surface area (Å²) >= 11 is 0. The molecule has 2 heterocycles. The average molecular weight is 591 g/mol. The predicted octanol–water partition coefficient (Wildman–Crippen LogP) is 4.42. The summed E-state index contributed by atoms with van der Waals surface area (Å²) < 4.78 is 22.8. The standard InChI is InChI=1S/C32H38N4O7/c1-20-15-36(21(2)18-37)31(38)25-6-5-7-26(34-32(39)33-23-9-11-24(40-4)12-10-23)30(25)43-29(20)17-35(3)16-22-8-13-27-28(14-22)42-19-41-27/h5-14,20-21,29,37H,15-19H2,1-4H3,(H2,33,34,39)/t20-,21-,29-/m0/s1. The molecule has 0 aliphatic carbocycles. The number of benzene rings is 3. The van der Waals surface area contributed by atoms with E-state index >= 15 is 0 Å². The van der Waals surface area contributed by atoms with Gasteiger partial charge >= 0.3 is 6.03 Å². The Morgan fingerprint density at radius 3 is 2.63 bits per heavy atom. The zero-order valence-corrected chi connectivity index (χ0v) is 24.8. The zero-order valence-electron chi connectivity index (χ0n) is 24.8. The number of para-hydroxylation sites is 1. The summed E-state index contributed by atoms with van der Waals surface area (Å²) in [6, 6.07) is 17.1. The molecule has 0 aromatic heterocycles. The van der Waals surface area contributed by atoms with Crippen LogP contribution in [-0.2, 0) is 6.54 Å². The molecular formula is C32H38N4O7. The fourth-order valence-corrected chi connectivity index (χ4v) is 5.24. The molecule has 3 N–H and O–H groups in total. The highest BCUT2D eigenvalue weighted by molar-refractivity contribution is 6.04. The molecule has 3 aromatic carbocycles. The Hall–Kier alpha value is -4.48. The van der Waals surface area contributed by atoms with Crippen LogP contribution in [0.4, 0.5) is 16.2 Å². The van der Waals surface area contributed by atoms with E-state index in [1.54, 1.807) is 54.5 Å². The molecule has 228 valence electrons. The van der Waals surface area contributed by atoms with Gasteiger partial charge in [-0.05, 0) is 68.1 Å². The summed E-state index contributed by atoms with van der Waals surface area (Å²) in [6.45, 7) is 5.47. The summed E-state index contributed by atoms with van der Waals surface area (Å²) in [4.78, 5) is 30.6. The summed E-state index contributed by atoms with van der Waals surface area (Å²) in [7, 11) is 3.58. The molecule has 0 bridgehead atoms. The summed E-state index contributed by atoms with van der Waals surface area (Å²) in [6.07, 6.45) is -0.341. The first kappa shape index (κ1) is 30.0. The number of nitrogens with one attached hydrogen (secondary N) is 2. The van der Waals surface area contributed by atoms with Crippen LogP contribution in [0.1, 0.15) is 29.8 Å². The molecule has 11 nitrogen and oxygen atoms in total. The molecular weight excluding hydrogens is 552 g/mol. The summed E-state index contributed by atoms with van der Waals surface area (Å²) in [5.41, 5.74) is 2.33. The number of hydrogen-bond donors (Lipinski definition) is 3. The lowest BCUT2D eigenvalue weighted by Crippen LogP contribution is -2.49. The molecule has 0 radical (unpaired) electrons. The minimum atomic E-state index is -0.484. The fraction of sp³-hybridized carbons (Fsp3) is 0.375. The number of carbonyl (C=O) groups is 2. The Morgan fingerprint density at radius 1 is 1.12 bits per heavy atom. The van der Waals surface area contributed by atoms with Crippen LogP contribution in [0, 0.1) is 5.92 Å². The second-order valence-corrected chi connectivity index (χ2v) is 11.0. The van der Waals surface area contributed by atoms with Crippen LogP contribution in [0.2, 0.25) is 0 Å². The van der Waals surface area contributed by atoms with Crippen LogP contribution in [0.25, 0.3) is 0 Å². The van der Waals surface area contributed by atoms with Crippen LogP contribution in [0.3, 0.4) is 0 Å². The van der Waals surface area contributed by atoms with Crippen LogP contribution in [0.15, 0.2) is 60.7 Å². The monoisotopic (exact) mass is 590 g/mol. The van der Waals surface area contributed by atoms with Gasteiger partial charge in [-0.1, -0.05) is 19.1 Å². The highest BCUT2D eigenvalue weighted by Crippen LogP contribution is 2.36. The van der Waals surface area contributed by atoms with Gasteiger partial charge in [-0.2, -0.15) is 0 Å². The maximum absolute atomic E-state index is 13.8. The van der Waals surface area contributed by atoms with Gasteiger partial charge in [0.15, 0.2) is 17.2 Å². The van der Waals surface area contributed by atoms with E-state index < -0.39 is 12.1 Å². The van der Waals surface area contributed by atoms with E-state index in [0.717, 1.165) is 17.1 Å². The lowest BCUT2D eigenvalue weighted by atomic mass is 9.99. The van der Waals surface area contributed by atoms with Crippen molar-refractivity contribution in [2.24, 2.45) is 5.92 Å². The van der Waals surface area contributed by atoms with Gasteiger partial charge in [0, 0.05) is 31.2 Å². The number of hydrogen-bond acceptors (Lipinski definition) is 8. The number of methoxy groups -OCH3 is 1. The first-order chi connectivity index (χ1) is 20.7. The molecule has 3 aromatic rings. The highest BCUT2D eigenvalue weighted by atomic mass is 16.7. The van der Waals surface area contributed by atoms with Gasteiger partial charge in [0.25, 0.3) is 5.91 Å². The maximum Gasteiger partial charge on any atom is 0.323 e. The van der Waals surface area contributed by atoms with E-state index in [1.165, 1.54) is 0 Å². The van der Waals surface area contributed by atoms with Crippen molar-refractivity contribution in [2.75, 3.05) is 51.3 Å². The van der Waals surface area contributed by atoms with Crippen LogP contribution in [0.5, 0.6) is 23.0 Å². The molecule has 5 rings (SSSR count). The third kappa shape index (κ3) is 6.95. The maximum atomic E-state index is 13.8. The number of likely N-dealkylation sites (N-methyl/N-ethyl adjacent to an activating group) is 1. The Balaban J connectivity index is 1.39. The lowest BCUT2D eigenvalue weighted by molar-refractivity contribution is 0.0343. The summed E-state index contributed by atoms with van der Waals surface area (Å²) in [5, 5.41) is 15.6. The first-order valence-corrected chi connectivity index (χ1v) is 14.3. The number of anilines is 2. The van der Waals surface area contributed by atoms with Crippen molar-refractivity contribution in [3.8, 4) is 23.0 Å². The van der Waals surface area contributed by atoms with E-state index in [9.17, 15) is 14.7 Å². The second kappa shape index (κ2) is 13.2. The van der Waals surface area contributed by atoms with Crippen molar-refractivity contribution in [1.29, 1.82) is 0 Å². The van der Waals surface area contributed by atoms with Gasteiger partial charge in [-0.15, -0.1) is 0 Å². The summed E-state index contributed by atoms with van der Waals surface area (Å²) in [5.74, 6) is 2.07. The Bertz CT molecular complexity index is 1450. The van der Waals surface area contributed by atoms with Crippen molar-refractivity contribution in [1.82, 2.24) is 9.80 Å². The van der Waals surface area contributed by atoms with Crippen LogP contribution in [-0.4, -0.2) is 79.6 Å². The van der Waals surface area contributed by atoms with Crippen LogP contribution >= 0.6 is 0 Å². The lowest BCUT2D eigenvalue weighted by Gasteiger charge is -2.38. The molecule has 0 saturated heterocycles. The average Bonchev–Trinajstić information content (AvgIpc) is 3.47. The van der Waals surface area contributed by atoms with Crippen molar-refractivity contribution < 1.29 is 33.6 Å². The van der Waals surface area contributed by atoms with Crippen LogP contribution < -0.4 is 29.6 Å². The smallest absolute Gasteiger partial charge is 0.323 e. The number of aliphatic hydroxyl groups is 1. The molecule has 0 unspecified atom stereocenters. The van der Waals surface area contributed by atoms with Gasteiger partial charge in [0.05, 0.1) is 31.0 Å². The predicted molar refractivity (Wildman–Crippen MR) is 162 cm³/mol. The largest absolute Gasteiger partial charge is 0.497 e. The van der Waals surface area contributed by atoms with Crippen molar-refractivity contribution in [2.45, 2.75) is 32.5 Å². The number of aliphatic hydroxyl groups excluding tert-OH is 1. The fourth-order valence-electron chi connectivity index (χ4n) is 5.24. The van der Waals surface area contributed by atoms with Gasteiger partial charge in [-0.25, -0.2) is 4.79 Å². The van der Waals surface area contributed by atoms with E-state index in [1.807, 2.05) is 39.1 Å². The van der Waals surface area contributed by atoms with E-state index in [-0.39, 0.29) is 31.3 Å². The Morgan fingerprint density at radius 2 is 1.88 bits per heavy atom. The van der Waals surface area contributed by atoms with Gasteiger partial charge in [0.2, 0.25) is 6.79 Å². The molecule has 43 heavy (non-hydrogen) atoms. The molecule has 11 heteroatoms. The zero-order chi connectivity index (χ0) is 30.5. The van der Waals surface area contributed by atoms with Gasteiger partial charge in [-0.3, -0.25) is 9.69 Å². The van der Waals surface area contributed by atoms with E-state index in [2.05, 4.69) is 15.5 Å². The molecule has 0 spiro atoms. The normalized spacial score (nSPS) is 18.3. The highest BCUT2D eigenvalue weighted by Gasteiger charge is 2.34. The number of urea groups is 1. The van der Waals surface area contributed by atoms with Gasteiger partial charge < -0.3 is 39.6 Å². The second-order valence-electron chi connectivity index (χ2n) is 11.0. The number of rotatable bonds is 9. The van der Waals surface area contributed by atoms with Crippen molar-refractivity contribution >= 4 is 23.3 Å². The third-order valence-electron chi connectivity index (χ3n) is 7.67. The molecule has 0 fully saturated rings. The van der Waals surface area contributed by atoms with Crippen molar-refractivity contribution in [3.63, 3.8) is 0 Å². The molecule has 3 atom stereocenters.